The van der Waals surface area contributed by atoms with E-state index in [1.165, 1.54) is 0 Å². The van der Waals surface area contributed by atoms with Crippen LogP contribution in [0, 0.1) is 5.41 Å². The molecule has 0 aliphatic carbocycles. The molecular weight excluding hydrogens is 338 g/mol. The molecule has 0 saturated carbocycles. The fraction of sp³-hybridized carbons (Fsp3) is 0.895. The van der Waals surface area contributed by atoms with Crippen LogP contribution in [-0.4, -0.2) is 57.3 Å². The van der Waals surface area contributed by atoms with Gasteiger partial charge in [-0.3, -0.25) is 9.69 Å². The topological polar surface area (TPSA) is 96.3 Å². The molecule has 0 aromatic rings. The van der Waals surface area contributed by atoms with Gasteiger partial charge in [0.2, 0.25) is 0 Å². The second-order valence-corrected chi connectivity index (χ2v) is 9.30. The second-order valence-electron chi connectivity index (χ2n) is 9.30. The fourth-order valence-corrected chi connectivity index (χ4v) is 3.45. The fourth-order valence-electron chi connectivity index (χ4n) is 3.45. The first kappa shape index (κ1) is 22.7. The van der Waals surface area contributed by atoms with Crippen molar-refractivity contribution < 1.29 is 29.3 Å². The molecule has 7 heteroatoms. The number of carbonyl (C=O) groups is 2. The summed E-state index contributed by atoms with van der Waals surface area (Å²) in [4.78, 5) is 25.5. The maximum absolute atomic E-state index is 12.9. The maximum atomic E-state index is 12.9. The predicted octanol–water partition coefficient (Wildman–Crippen LogP) is 3.39. The summed E-state index contributed by atoms with van der Waals surface area (Å²) < 4.78 is 11.7. The van der Waals surface area contributed by atoms with Crippen LogP contribution in [0.15, 0.2) is 0 Å². The third kappa shape index (κ3) is 6.43. The van der Waals surface area contributed by atoms with Crippen molar-refractivity contribution in [3.05, 3.63) is 0 Å². The Morgan fingerprint density at radius 2 is 1.77 bits per heavy atom. The standard InChI is InChI=1S/C19H35NO6/c1-17(2,3)26-16(24)20-13(12-18(4,5)10-11-21)14(8-9-15(22)23)25-19(20,6)7/h13-14,21H,8-12H2,1-7H3,(H,22,23)/t13-,14-/m0/s1. The molecule has 26 heavy (non-hydrogen) atoms. The van der Waals surface area contributed by atoms with Gasteiger partial charge < -0.3 is 19.7 Å². The lowest BCUT2D eigenvalue weighted by atomic mass is 9.80. The third-order valence-corrected chi connectivity index (χ3v) is 4.56. The SMILES string of the molecule is CC(C)(CCO)C[C@H]1[C@H](CCC(=O)O)OC(C)(C)N1C(=O)OC(C)(C)C. The zero-order valence-electron chi connectivity index (χ0n) is 17.2. The number of carboxylic acids is 1. The number of aliphatic hydroxyl groups is 1. The molecule has 1 saturated heterocycles. The van der Waals surface area contributed by atoms with Gasteiger partial charge >= 0.3 is 12.1 Å². The molecule has 0 aromatic carbocycles. The van der Waals surface area contributed by atoms with E-state index in [4.69, 9.17) is 14.6 Å². The summed E-state index contributed by atoms with van der Waals surface area (Å²) in [6, 6.07) is -0.319. The average Bonchev–Trinajstić information content (AvgIpc) is 2.64. The number of hydrogen-bond donors (Lipinski definition) is 2. The summed E-state index contributed by atoms with van der Waals surface area (Å²) in [5, 5.41) is 18.4. The van der Waals surface area contributed by atoms with E-state index in [0.717, 1.165) is 0 Å². The Kier molecular flexibility index (Phi) is 7.10. The van der Waals surface area contributed by atoms with Crippen LogP contribution in [0.25, 0.3) is 0 Å². The quantitative estimate of drug-likeness (QED) is 0.710. The van der Waals surface area contributed by atoms with Gasteiger partial charge in [0.15, 0.2) is 0 Å². The van der Waals surface area contributed by atoms with Crippen molar-refractivity contribution in [3.8, 4) is 0 Å². The molecular formula is C19H35NO6. The van der Waals surface area contributed by atoms with E-state index in [0.29, 0.717) is 19.3 Å². The number of carboxylic acid groups (broad SMARTS) is 1. The smallest absolute Gasteiger partial charge is 0.412 e. The van der Waals surface area contributed by atoms with E-state index in [-0.39, 0.29) is 24.5 Å². The van der Waals surface area contributed by atoms with Gasteiger partial charge in [-0.15, -0.1) is 0 Å². The van der Waals surface area contributed by atoms with Crippen LogP contribution in [0.1, 0.15) is 74.1 Å². The molecule has 1 rings (SSSR count). The van der Waals surface area contributed by atoms with E-state index < -0.39 is 29.5 Å². The minimum atomic E-state index is -0.897. The third-order valence-electron chi connectivity index (χ3n) is 4.56. The Morgan fingerprint density at radius 3 is 2.23 bits per heavy atom. The minimum Gasteiger partial charge on any atom is -0.481 e. The van der Waals surface area contributed by atoms with Crippen LogP contribution in [0.3, 0.4) is 0 Å². The van der Waals surface area contributed by atoms with E-state index in [9.17, 15) is 14.7 Å². The normalized spacial score (nSPS) is 23.2. The van der Waals surface area contributed by atoms with Gasteiger partial charge in [-0.25, -0.2) is 4.79 Å². The van der Waals surface area contributed by atoms with Crippen molar-refractivity contribution in [2.24, 2.45) is 5.41 Å². The van der Waals surface area contributed by atoms with Crippen molar-refractivity contribution in [2.75, 3.05) is 6.61 Å². The Balaban J connectivity index is 3.14. The van der Waals surface area contributed by atoms with Crippen LogP contribution in [-0.2, 0) is 14.3 Å². The lowest BCUT2D eigenvalue weighted by molar-refractivity contribution is -0.138. The highest BCUT2D eigenvalue weighted by Gasteiger charge is 2.52. The highest BCUT2D eigenvalue weighted by atomic mass is 16.6. The highest BCUT2D eigenvalue weighted by molar-refractivity contribution is 5.70. The van der Waals surface area contributed by atoms with Gasteiger partial charge in [0.05, 0.1) is 12.1 Å². The van der Waals surface area contributed by atoms with Gasteiger partial charge in [-0.05, 0) is 59.3 Å². The second kappa shape index (κ2) is 8.13. The van der Waals surface area contributed by atoms with Gasteiger partial charge in [0, 0.05) is 13.0 Å². The molecule has 0 bridgehead atoms. The molecule has 2 atom stereocenters. The van der Waals surface area contributed by atoms with Crippen LogP contribution in [0.4, 0.5) is 4.79 Å². The number of ether oxygens (including phenoxy) is 2. The number of amides is 1. The molecule has 1 aliphatic heterocycles. The molecule has 2 N–H and O–H groups in total. The van der Waals surface area contributed by atoms with Crippen molar-refractivity contribution in [2.45, 2.75) is 97.6 Å². The van der Waals surface area contributed by atoms with E-state index in [1.54, 1.807) is 39.5 Å². The van der Waals surface area contributed by atoms with E-state index >= 15 is 0 Å². The first-order valence-electron chi connectivity index (χ1n) is 9.21. The molecule has 7 nitrogen and oxygen atoms in total. The highest BCUT2D eigenvalue weighted by Crippen LogP contribution is 2.41. The van der Waals surface area contributed by atoms with Crippen LogP contribution in [0.2, 0.25) is 0 Å². The van der Waals surface area contributed by atoms with Gasteiger partial charge in [0.1, 0.15) is 11.3 Å². The number of aliphatic hydroxyl groups excluding tert-OH is 1. The first-order chi connectivity index (χ1) is 11.7. The molecule has 152 valence electrons. The molecule has 0 aromatic heterocycles. The number of carbonyl (C=O) groups excluding carboxylic acids is 1. The van der Waals surface area contributed by atoms with Crippen molar-refractivity contribution >= 4 is 12.1 Å². The van der Waals surface area contributed by atoms with Gasteiger partial charge in [-0.2, -0.15) is 0 Å². The molecule has 0 unspecified atom stereocenters. The molecule has 1 fully saturated rings. The van der Waals surface area contributed by atoms with Crippen LogP contribution in [0.5, 0.6) is 0 Å². The summed E-state index contributed by atoms with van der Waals surface area (Å²) in [5.41, 5.74) is -1.77. The van der Waals surface area contributed by atoms with Crippen LogP contribution >= 0.6 is 0 Å². The predicted molar refractivity (Wildman–Crippen MR) is 97.8 cm³/mol. The summed E-state index contributed by atoms with van der Waals surface area (Å²) in [5.74, 6) is -0.893. The van der Waals surface area contributed by atoms with Gasteiger partial charge in [-0.1, -0.05) is 13.8 Å². The zero-order valence-corrected chi connectivity index (χ0v) is 17.2. The minimum absolute atomic E-state index is 0.0279. The molecule has 1 heterocycles. The monoisotopic (exact) mass is 373 g/mol. The summed E-state index contributed by atoms with van der Waals surface area (Å²) in [6.45, 7) is 13.1. The molecule has 1 aliphatic rings. The molecule has 0 spiro atoms. The average molecular weight is 373 g/mol. The van der Waals surface area contributed by atoms with Gasteiger partial charge in [0.25, 0.3) is 0 Å². The molecule has 1 amide bonds. The number of rotatable bonds is 7. The lowest BCUT2D eigenvalue weighted by Gasteiger charge is -2.38. The van der Waals surface area contributed by atoms with Crippen molar-refractivity contribution in [1.29, 1.82) is 0 Å². The first-order valence-corrected chi connectivity index (χ1v) is 9.21. The Bertz CT molecular complexity index is 509. The number of nitrogens with zero attached hydrogens (tertiary/aromatic N) is 1. The maximum Gasteiger partial charge on any atom is 0.412 e. The summed E-state index contributed by atoms with van der Waals surface area (Å²) in [7, 11) is 0. The molecule has 0 radical (unpaired) electrons. The Morgan fingerprint density at radius 1 is 1.19 bits per heavy atom. The Labute approximate surface area is 156 Å². The number of aliphatic carboxylic acids is 1. The Hall–Kier alpha value is -1.34. The lowest BCUT2D eigenvalue weighted by Crippen LogP contribution is -2.51. The summed E-state index contributed by atoms with van der Waals surface area (Å²) in [6.07, 6.45) is 0.590. The zero-order chi connectivity index (χ0) is 20.3. The van der Waals surface area contributed by atoms with Crippen molar-refractivity contribution in [1.82, 2.24) is 4.90 Å². The van der Waals surface area contributed by atoms with E-state index in [1.807, 2.05) is 13.8 Å². The van der Waals surface area contributed by atoms with Crippen molar-refractivity contribution in [3.63, 3.8) is 0 Å². The summed E-state index contributed by atoms with van der Waals surface area (Å²) >= 11 is 0. The largest absolute Gasteiger partial charge is 0.481 e. The number of hydrogen-bond acceptors (Lipinski definition) is 5. The van der Waals surface area contributed by atoms with Crippen LogP contribution < -0.4 is 0 Å². The van der Waals surface area contributed by atoms with E-state index in [2.05, 4.69) is 0 Å².